The van der Waals surface area contributed by atoms with E-state index < -0.39 is 0 Å². The van der Waals surface area contributed by atoms with Crippen molar-refractivity contribution in [3.05, 3.63) is 97.7 Å². The van der Waals surface area contributed by atoms with Crippen molar-refractivity contribution in [2.24, 2.45) is 0 Å². The maximum atomic E-state index is 13.4. The fourth-order valence-electron chi connectivity index (χ4n) is 4.71. The summed E-state index contributed by atoms with van der Waals surface area (Å²) in [5, 5.41) is 1.13. The lowest BCUT2D eigenvalue weighted by Gasteiger charge is -2.36. The second kappa shape index (κ2) is 9.20. The predicted octanol–water partition coefficient (Wildman–Crippen LogP) is 5.85. The molecule has 0 saturated carbocycles. The third kappa shape index (κ3) is 4.01. The number of piperazine rings is 1. The molecule has 1 aliphatic heterocycles. The van der Waals surface area contributed by atoms with E-state index in [1.807, 2.05) is 51.8 Å². The lowest BCUT2D eigenvalue weighted by molar-refractivity contribution is 0.0747. The van der Waals surface area contributed by atoms with Gasteiger partial charge in [-0.2, -0.15) is 0 Å². The lowest BCUT2D eigenvalue weighted by Crippen LogP contribution is -2.48. The van der Waals surface area contributed by atoms with Gasteiger partial charge >= 0.3 is 0 Å². The number of hydrogen-bond donors (Lipinski definition) is 1. The average Bonchev–Trinajstić information content (AvgIpc) is 3.25. The number of halogens is 1. The second-order valence-electron chi connectivity index (χ2n) is 8.69. The average molecular weight is 533 g/mol. The van der Waals surface area contributed by atoms with E-state index in [1.54, 1.807) is 18.2 Å². The van der Waals surface area contributed by atoms with Crippen LogP contribution in [0.15, 0.2) is 77.6 Å². The summed E-state index contributed by atoms with van der Waals surface area (Å²) in [6, 6.07) is 22.9. The molecule has 0 spiro atoms. The molecule has 9 heteroatoms. The van der Waals surface area contributed by atoms with Crippen LogP contribution in [-0.4, -0.2) is 46.4 Å². The van der Waals surface area contributed by atoms with Crippen LogP contribution in [0.1, 0.15) is 10.4 Å². The quantitative estimate of drug-likeness (QED) is 0.296. The molecule has 36 heavy (non-hydrogen) atoms. The van der Waals surface area contributed by atoms with Crippen LogP contribution >= 0.6 is 35.2 Å². The molecule has 0 atom stereocenters. The Balaban J connectivity index is 1.36. The van der Waals surface area contributed by atoms with E-state index in [0.717, 1.165) is 23.5 Å². The summed E-state index contributed by atoms with van der Waals surface area (Å²) in [6.45, 7) is 2.81. The van der Waals surface area contributed by atoms with Gasteiger partial charge in [0.15, 0.2) is 3.95 Å². The lowest BCUT2D eigenvalue weighted by atomic mass is 10.1. The van der Waals surface area contributed by atoms with Gasteiger partial charge in [-0.05, 0) is 60.2 Å². The van der Waals surface area contributed by atoms with E-state index in [2.05, 4.69) is 22.0 Å². The number of rotatable bonds is 3. The van der Waals surface area contributed by atoms with Gasteiger partial charge in [-0.25, -0.2) is 0 Å². The fraction of sp³-hybridized carbons (Fsp3) is 0.148. The standard InChI is InChI=1S/C27H21ClN4O2S2/c28-19-9-6-17(7-10-19)23-24-29-25(33)21-11-8-18(16-22(21)32(24)27(35)36-23)26(34)31-14-12-30(13-15-31)20-4-2-1-3-5-20/h1-11,16H,12-15H2,(H,29,33). The number of carbonyl (C=O) groups excluding carboxylic acids is 1. The van der Waals surface area contributed by atoms with Crippen molar-refractivity contribution < 1.29 is 4.79 Å². The number of thiazole rings is 1. The highest BCUT2D eigenvalue weighted by atomic mass is 35.5. The van der Waals surface area contributed by atoms with Gasteiger partial charge < -0.3 is 14.8 Å². The Kier molecular flexibility index (Phi) is 5.87. The first-order valence-electron chi connectivity index (χ1n) is 11.6. The molecule has 0 radical (unpaired) electrons. The molecule has 2 aromatic heterocycles. The van der Waals surface area contributed by atoms with Crippen LogP contribution in [0, 0.1) is 3.95 Å². The topological polar surface area (TPSA) is 60.8 Å². The summed E-state index contributed by atoms with van der Waals surface area (Å²) in [5.41, 5.74) is 3.65. The smallest absolute Gasteiger partial charge is 0.258 e. The molecule has 1 fully saturated rings. The third-order valence-electron chi connectivity index (χ3n) is 6.57. The molecular weight excluding hydrogens is 512 g/mol. The molecule has 5 aromatic rings. The van der Waals surface area contributed by atoms with Crippen LogP contribution in [0.2, 0.25) is 5.02 Å². The second-order valence-corrected chi connectivity index (χ2v) is 10.8. The molecule has 1 N–H and O–H groups in total. The number of nitrogens with one attached hydrogen (secondary N) is 1. The van der Waals surface area contributed by atoms with Gasteiger partial charge in [-0.1, -0.05) is 41.9 Å². The number of para-hydroxylation sites is 1. The Bertz CT molecular complexity index is 1720. The van der Waals surface area contributed by atoms with Gasteiger partial charge in [-0.15, -0.1) is 11.3 Å². The summed E-state index contributed by atoms with van der Waals surface area (Å²) in [5.74, 6) is -0.0438. The van der Waals surface area contributed by atoms with Gasteiger partial charge in [0.2, 0.25) is 0 Å². The summed E-state index contributed by atoms with van der Waals surface area (Å²) in [6.07, 6.45) is 0. The number of nitrogens with zero attached hydrogens (tertiary/aromatic N) is 3. The number of fused-ring (bicyclic) bond motifs is 3. The fourth-order valence-corrected chi connectivity index (χ4v) is 6.22. The van der Waals surface area contributed by atoms with Crippen molar-refractivity contribution in [3.63, 3.8) is 0 Å². The van der Waals surface area contributed by atoms with E-state index >= 15 is 0 Å². The minimum atomic E-state index is -0.219. The van der Waals surface area contributed by atoms with Crippen molar-refractivity contribution in [1.82, 2.24) is 14.3 Å². The van der Waals surface area contributed by atoms with Gasteiger partial charge in [0.25, 0.3) is 11.5 Å². The van der Waals surface area contributed by atoms with E-state index in [1.165, 1.54) is 17.0 Å². The summed E-state index contributed by atoms with van der Waals surface area (Å²) in [7, 11) is 0. The molecule has 6 nitrogen and oxygen atoms in total. The number of H-pyrrole nitrogens is 1. The van der Waals surface area contributed by atoms with E-state index in [0.29, 0.717) is 44.2 Å². The van der Waals surface area contributed by atoms with Crippen LogP contribution in [0.3, 0.4) is 0 Å². The zero-order valence-electron chi connectivity index (χ0n) is 19.1. The van der Waals surface area contributed by atoms with Crippen LogP contribution in [0.25, 0.3) is 27.0 Å². The Morgan fingerprint density at radius 3 is 2.39 bits per heavy atom. The van der Waals surface area contributed by atoms with Crippen LogP contribution in [0.4, 0.5) is 5.69 Å². The number of carbonyl (C=O) groups is 1. The molecule has 180 valence electrons. The minimum absolute atomic E-state index is 0.0438. The normalized spacial score (nSPS) is 14.0. The number of amides is 1. The molecule has 1 aliphatic rings. The van der Waals surface area contributed by atoms with Gasteiger partial charge in [0.05, 0.1) is 15.8 Å². The van der Waals surface area contributed by atoms with Crippen molar-refractivity contribution in [3.8, 4) is 10.4 Å². The van der Waals surface area contributed by atoms with E-state index in [9.17, 15) is 9.59 Å². The van der Waals surface area contributed by atoms with Crippen LogP contribution < -0.4 is 10.5 Å². The number of hydrogen-bond acceptors (Lipinski definition) is 5. The SMILES string of the molecule is O=C(c1ccc2c(=O)[nH]c3c(-c4ccc(Cl)cc4)sc(=S)n3c2c1)N1CCN(c2ccccc2)CC1. The molecule has 3 aromatic carbocycles. The van der Waals surface area contributed by atoms with Gasteiger partial charge in [0, 0.05) is 42.5 Å². The zero-order valence-corrected chi connectivity index (χ0v) is 21.5. The van der Waals surface area contributed by atoms with Crippen molar-refractivity contribution in [2.75, 3.05) is 31.1 Å². The van der Waals surface area contributed by atoms with Crippen molar-refractivity contribution >= 4 is 63.3 Å². The van der Waals surface area contributed by atoms with Gasteiger partial charge in [-0.3, -0.25) is 14.0 Å². The van der Waals surface area contributed by atoms with E-state index in [-0.39, 0.29) is 11.5 Å². The highest BCUT2D eigenvalue weighted by Crippen LogP contribution is 2.33. The predicted molar refractivity (Wildman–Crippen MR) is 149 cm³/mol. The summed E-state index contributed by atoms with van der Waals surface area (Å²) >= 11 is 13.2. The molecule has 3 heterocycles. The summed E-state index contributed by atoms with van der Waals surface area (Å²) in [4.78, 5) is 34.4. The molecule has 6 rings (SSSR count). The minimum Gasteiger partial charge on any atom is -0.368 e. The van der Waals surface area contributed by atoms with Gasteiger partial charge in [0.1, 0.15) is 5.65 Å². The Hall–Kier alpha value is -3.46. The highest BCUT2D eigenvalue weighted by molar-refractivity contribution is 7.73. The van der Waals surface area contributed by atoms with Crippen molar-refractivity contribution in [2.45, 2.75) is 0 Å². The molecule has 1 saturated heterocycles. The van der Waals surface area contributed by atoms with Crippen LogP contribution in [0.5, 0.6) is 0 Å². The highest BCUT2D eigenvalue weighted by Gasteiger charge is 2.23. The molecule has 0 unspecified atom stereocenters. The monoisotopic (exact) mass is 532 g/mol. The maximum absolute atomic E-state index is 13.4. The number of aromatic amines is 1. The maximum Gasteiger partial charge on any atom is 0.258 e. The Labute approximate surface area is 221 Å². The number of benzene rings is 3. The van der Waals surface area contributed by atoms with Crippen LogP contribution in [-0.2, 0) is 0 Å². The first-order valence-corrected chi connectivity index (χ1v) is 13.2. The number of anilines is 1. The summed E-state index contributed by atoms with van der Waals surface area (Å²) < 4.78 is 2.45. The Morgan fingerprint density at radius 2 is 1.67 bits per heavy atom. The number of aromatic nitrogens is 2. The van der Waals surface area contributed by atoms with Crippen molar-refractivity contribution in [1.29, 1.82) is 0 Å². The molecule has 0 aliphatic carbocycles. The molecule has 0 bridgehead atoms. The van der Waals surface area contributed by atoms with E-state index in [4.69, 9.17) is 23.8 Å². The first kappa shape index (κ1) is 23.0. The Morgan fingerprint density at radius 1 is 0.944 bits per heavy atom. The first-order chi connectivity index (χ1) is 17.5. The molecular formula is C27H21ClN4O2S2. The largest absolute Gasteiger partial charge is 0.368 e. The zero-order chi connectivity index (χ0) is 24.8. The third-order valence-corrected chi connectivity index (χ3v) is 8.24. The molecule has 1 amide bonds.